The van der Waals surface area contributed by atoms with Crippen LogP contribution in [0.15, 0.2) is 16.5 Å². The SMILES string of the molecule is COC(=O)c1c(NC(=O)c2ccc(C)o2)sc2c1CC[C@@H](C(C)(C)C)C2. The van der Waals surface area contributed by atoms with E-state index in [1.807, 2.05) is 0 Å². The molecule has 1 aliphatic carbocycles. The van der Waals surface area contributed by atoms with Gasteiger partial charge in [-0.05, 0) is 55.2 Å². The zero-order valence-corrected chi connectivity index (χ0v) is 16.7. The van der Waals surface area contributed by atoms with Gasteiger partial charge in [0.2, 0.25) is 0 Å². The van der Waals surface area contributed by atoms with Crippen LogP contribution in [0.3, 0.4) is 0 Å². The van der Waals surface area contributed by atoms with Crippen LogP contribution in [-0.4, -0.2) is 19.0 Å². The van der Waals surface area contributed by atoms with Crippen LogP contribution in [0.4, 0.5) is 5.00 Å². The number of carbonyl (C=O) groups is 2. The normalized spacial score (nSPS) is 16.9. The molecule has 1 aliphatic rings. The monoisotopic (exact) mass is 375 g/mol. The molecular formula is C20H25NO4S. The van der Waals surface area contributed by atoms with Crippen molar-refractivity contribution in [2.75, 3.05) is 12.4 Å². The molecular weight excluding hydrogens is 350 g/mol. The third-order valence-electron chi connectivity index (χ3n) is 5.07. The summed E-state index contributed by atoms with van der Waals surface area (Å²) >= 11 is 1.48. The van der Waals surface area contributed by atoms with Crippen LogP contribution in [-0.2, 0) is 17.6 Å². The van der Waals surface area contributed by atoms with E-state index in [1.54, 1.807) is 19.1 Å². The lowest BCUT2D eigenvalue weighted by molar-refractivity contribution is 0.0600. The average molecular weight is 375 g/mol. The van der Waals surface area contributed by atoms with E-state index in [-0.39, 0.29) is 17.1 Å². The predicted molar refractivity (Wildman–Crippen MR) is 102 cm³/mol. The quantitative estimate of drug-likeness (QED) is 0.780. The molecule has 26 heavy (non-hydrogen) atoms. The standard InChI is InChI=1S/C20H25NO4S/c1-11-6-9-14(25-11)17(22)21-18-16(19(23)24-5)13-8-7-12(20(2,3)4)10-15(13)26-18/h6,9,12H,7-8,10H2,1-5H3,(H,21,22)/t12-/m1/s1. The van der Waals surface area contributed by atoms with E-state index in [0.717, 1.165) is 24.8 Å². The maximum absolute atomic E-state index is 12.5. The summed E-state index contributed by atoms with van der Waals surface area (Å²) in [5, 5.41) is 3.40. The molecule has 1 N–H and O–H groups in total. The lowest BCUT2D eigenvalue weighted by atomic mass is 9.72. The molecule has 140 valence electrons. The number of anilines is 1. The summed E-state index contributed by atoms with van der Waals surface area (Å²) in [6.07, 6.45) is 2.78. The van der Waals surface area contributed by atoms with Crippen molar-refractivity contribution in [2.45, 2.75) is 47.0 Å². The van der Waals surface area contributed by atoms with Crippen LogP contribution in [0.5, 0.6) is 0 Å². The minimum atomic E-state index is -0.400. The van der Waals surface area contributed by atoms with Gasteiger partial charge in [-0.25, -0.2) is 4.79 Å². The van der Waals surface area contributed by atoms with Gasteiger partial charge in [0.15, 0.2) is 5.76 Å². The number of hydrogen-bond donors (Lipinski definition) is 1. The first-order chi connectivity index (χ1) is 12.2. The van der Waals surface area contributed by atoms with Gasteiger partial charge in [-0.2, -0.15) is 0 Å². The average Bonchev–Trinajstić information content (AvgIpc) is 3.16. The lowest BCUT2D eigenvalue weighted by Gasteiger charge is -2.33. The van der Waals surface area contributed by atoms with E-state index in [4.69, 9.17) is 9.15 Å². The number of furan rings is 1. The number of aryl methyl sites for hydroxylation is 1. The summed E-state index contributed by atoms with van der Waals surface area (Å²) in [5.41, 5.74) is 1.73. The highest BCUT2D eigenvalue weighted by molar-refractivity contribution is 7.17. The number of amides is 1. The smallest absolute Gasteiger partial charge is 0.341 e. The molecule has 0 radical (unpaired) electrons. The van der Waals surface area contributed by atoms with Crippen LogP contribution in [0.2, 0.25) is 0 Å². The van der Waals surface area contributed by atoms with Crippen molar-refractivity contribution in [3.05, 3.63) is 39.7 Å². The number of ether oxygens (including phenoxy) is 1. The fourth-order valence-electron chi connectivity index (χ4n) is 3.45. The van der Waals surface area contributed by atoms with Gasteiger partial charge < -0.3 is 14.5 Å². The van der Waals surface area contributed by atoms with Crippen molar-refractivity contribution in [3.63, 3.8) is 0 Å². The second kappa shape index (κ2) is 6.91. The van der Waals surface area contributed by atoms with Gasteiger partial charge in [-0.3, -0.25) is 4.79 Å². The molecule has 3 rings (SSSR count). The highest BCUT2D eigenvalue weighted by Crippen LogP contribution is 2.44. The number of carbonyl (C=O) groups excluding carboxylic acids is 2. The first-order valence-electron chi connectivity index (χ1n) is 8.81. The number of rotatable bonds is 3. The number of fused-ring (bicyclic) bond motifs is 1. The Hall–Kier alpha value is -2.08. The Morgan fingerprint density at radius 3 is 2.62 bits per heavy atom. The van der Waals surface area contributed by atoms with Crippen molar-refractivity contribution < 1.29 is 18.7 Å². The minimum Gasteiger partial charge on any atom is -0.465 e. The van der Waals surface area contributed by atoms with Crippen molar-refractivity contribution in [1.82, 2.24) is 0 Å². The molecule has 5 nitrogen and oxygen atoms in total. The first kappa shape index (κ1) is 18.7. The Morgan fingerprint density at radius 2 is 2.04 bits per heavy atom. The Balaban J connectivity index is 1.94. The topological polar surface area (TPSA) is 68.5 Å². The van der Waals surface area contributed by atoms with Gasteiger partial charge in [0.1, 0.15) is 10.8 Å². The Kier molecular flexibility index (Phi) is 4.97. The highest BCUT2D eigenvalue weighted by Gasteiger charge is 2.34. The van der Waals surface area contributed by atoms with Gasteiger partial charge in [-0.1, -0.05) is 20.8 Å². The zero-order valence-electron chi connectivity index (χ0n) is 15.9. The molecule has 1 atom stereocenters. The van der Waals surface area contributed by atoms with Crippen molar-refractivity contribution in [3.8, 4) is 0 Å². The summed E-state index contributed by atoms with van der Waals surface area (Å²) in [7, 11) is 1.37. The Labute approximate surface area is 157 Å². The third-order valence-corrected chi connectivity index (χ3v) is 6.24. The molecule has 1 amide bonds. The predicted octanol–water partition coefficient (Wildman–Crippen LogP) is 4.84. The van der Waals surface area contributed by atoms with Crippen LogP contribution in [0.1, 0.15) is 64.3 Å². The maximum Gasteiger partial charge on any atom is 0.341 e. The van der Waals surface area contributed by atoms with Crippen molar-refractivity contribution in [2.24, 2.45) is 11.3 Å². The molecule has 0 unspecified atom stereocenters. The lowest BCUT2D eigenvalue weighted by Crippen LogP contribution is -2.26. The van der Waals surface area contributed by atoms with Gasteiger partial charge in [-0.15, -0.1) is 11.3 Å². The Morgan fingerprint density at radius 1 is 1.31 bits per heavy atom. The Bertz CT molecular complexity index is 841. The summed E-state index contributed by atoms with van der Waals surface area (Å²) in [4.78, 5) is 26.0. The molecule has 0 fully saturated rings. The summed E-state index contributed by atoms with van der Waals surface area (Å²) in [6, 6.07) is 3.37. The molecule has 0 aromatic carbocycles. The van der Waals surface area contributed by atoms with Gasteiger partial charge in [0.25, 0.3) is 5.91 Å². The van der Waals surface area contributed by atoms with E-state index < -0.39 is 5.97 Å². The van der Waals surface area contributed by atoms with E-state index in [9.17, 15) is 9.59 Å². The third kappa shape index (κ3) is 3.56. The fourth-order valence-corrected chi connectivity index (χ4v) is 4.76. The molecule has 0 bridgehead atoms. The number of methoxy groups -OCH3 is 1. The number of thiophene rings is 1. The molecule has 2 aromatic heterocycles. The number of esters is 1. The van der Waals surface area contributed by atoms with E-state index >= 15 is 0 Å². The minimum absolute atomic E-state index is 0.211. The molecule has 0 aliphatic heterocycles. The molecule has 2 heterocycles. The summed E-state index contributed by atoms with van der Waals surface area (Å²) in [5.74, 6) is 0.700. The second-order valence-corrected chi connectivity index (χ2v) is 8.97. The van der Waals surface area contributed by atoms with Crippen LogP contribution >= 0.6 is 11.3 Å². The van der Waals surface area contributed by atoms with Crippen LogP contribution in [0.25, 0.3) is 0 Å². The van der Waals surface area contributed by atoms with Crippen molar-refractivity contribution >= 4 is 28.2 Å². The van der Waals surface area contributed by atoms with Crippen LogP contribution in [0, 0.1) is 18.3 Å². The molecule has 0 saturated carbocycles. The zero-order chi connectivity index (χ0) is 19.1. The summed E-state index contributed by atoms with van der Waals surface area (Å²) < 4.78 is 10.4. The molecule has 6 heteroatoms. The number of nitrogens with one attached hydrogen (secondary N) is 1. The van der Waals surface area contributed by atoms with Crippen LogP contribution < -0.4 is 5.32 Å². The van der Waals surface area contributed by atoms with Gasteiger partial charge >= 0.3 is 5.97 Å². The molecule has 2 aromatic rings. The number of hydrogen-bond acceptors (Lipinski definition) is 5. The van der Waals surface area contributed by atoms with E-state index in [0.29, 0.717) is 22.2 Å². The van der Waals surface area contributed by atoms with Gasteiger partial charge in [0, 0.05) is 4.88 Å². The highest BCUT2D eigenvalue weighted by atomic mass is 32.1. The second-order valence-electron chi connectivity index (χ2n) is 7.87. The van der Waals surface area contributed by atoms with Crippen molar-refractivity contribution in [1.29, 1.82) is 0 Å². The van der Waals surface area contributed by atoms with Gasteiger partial charge in [0.05, 0.1) is 12.7 Å². The largest absolute Gasteiger partial charge is 0.465 e. The maximum atomic E-state index is 12.5. The molecule has 0 saturated heterocycles. The van der Waals surface area contributed by atoms with E-state index in [2.05, 4.69) is 26.1 Å². The van der Waals surface area contributed by atoms with E-state index in [1.165, 1.54) is 23.3 Å². The summed E-state index contributed by atoms with van der Waals surface area (Å²) in [6.45, 7) is 8.53. The fraction of sp³-hybridized carbons (Fsp3) is 0.500. The molecule has 0 spiro atoms. The first-order valence-corrected chi connectivity index (χ1v) is 9.63.